The number of nitrogens with one attached hydrogen (secondary N) is 1. The number of thiocarbonyl (C=S) groups is 1. The van der Waals surface area contributed by atoms with Gasteiger partial charge in [0.25, 0.3) is 0 Å². The van der Waals surface area contributed by atoms with Crippen molar-refractivity contribution in [2.75, 3.05) is 12.1 Å². The molecule has 3 aromatic rings. The van der Waals surface area contributed by atoms with Crippen molar-refractivity contribution in [2.45, 2.75) is 13.1 Å². The molecule has 0 radical (unpaired) electrons. The quantitative estimate of drug-likeness (QED) is 0.672. The lowest BCUT2D eigenvalue weighted by Gasteiger charge is -2.26. The first-order valence-electron chi connectivity index (χ1n) is 8.66. The van der Waals surface area contributed by atoms with Crippen LogP contribution in [-0.4, -0.2) is 21.8 Å². The molecule has 1 aliphatic rings. The Balaban J connectivity index is 1.54. The van der Waals surface area contributed by atoms with Crippen molar-refractivity contribution in [1.82, 2.24) is 9.88 Å². The van der Waals surface area contributed by atoms with Crippen LogP contribution in [0.2, 0.25) is 0 Å². The van der Waals surface area contributed by atoms with Crippen LogP contribution in [0.1, 0.15) is 11.1 Å². The van der Waals surface area contributed by atoms with Gasteiger partial charge < -0.3 is 19.7 Å². The number of hydrogen-bond donors (Lipinski definition) is 1. The molecular weight excluding hydrogens is 358 g/mol. The predicted molar refractivity (Wildman–Crippen MR) is 109 cm³/mol. The Bertz CT molecular complexity index is 919. The monoisotopic (exact) mass is 377 g/mol. The van der Waals surface area contributed by atoms with Gasteiger partial charge in [0.2, 0.25) is 6.79 Å². The van der Waals surface area contributed by atoms with Gasteiger partial charge in [0.15, 0.2) is 16.6 Å². The van der Waals surface area contributed by atoms with Gasteiger partial charge in [-0.15, -0.1) is 0 Å². The molecule has 0 unspecified atom stereocenters. The average Bonchev–Trinajstić information content (AvgIpc) is 3.17. The Hall–Kier alpha value is -3.12. The zero-order valence-electron chi connectivity index (χ0n) is 14.7. The topological polar surface area (TPSA) is 46.6 Å². The molecule has 1 N–H and O–H groups in total. The van der Waals surface area contributed by atoms with Crippen LogP contribution < -0.4 is 14.8 Å². The van der Waals surface area contributed by atoms with Gasteiger partial charge in [0, 0.05) is 31.2 Å². The number of rotatable bonds is 5. The number of benzene rings is 2. The fraction of sp³-hybridized carbons (Fsp3) is 0.143. The predicted octanol–water partition coefficient (Wildman–Crippen LogP) is 4.21. The van der Waals surface area contributed by atoms with Crippen LogP contribution in [0.15, 0.2) is 73.1 Å². The molecule has 1 aliphatic heterocycles. The molecule has 0 spiro atoms. The van der Waals surface area contributed by atoms with Crippen molar-refractivity contribution in [3.8, 4) is 11.5 Å². The largest absolute Gasteiger partial charge is 0.454 e. The van der Waals surface area contributed by atoms with Crippen molar-refractivity contribution in [3.05, 3.63) is 84.2 Å². The third-order valence-corrected chi connectivity index (χ3v) is 4.58. The van der Waals surface area contributed by atoms with Crippen LogP contribution in [0.5, 0.6) is 11.5 Å². The van der Waals surface area contributed by atoms with Crippen molar-refractivity contribution in [1.29, 1.82) is 0 Å². The zero-order valence-corrected chi connectivity index (χ0v) is 15.5. The molecule has 0 bridgehead atoms. The number of ether oxygens (including phenoxy) is 2. The fourth-order valence-corrected chi connectivity index (χ4v) is 3.14. The Morgan fingerprint density at radius 3 is 2.59 bits per heavy atom. The minimum absolute atomic E-state index is 0.270. The summed E-state index contributed by atoms with van der Waals surface area (Å²) in [7, 11) is 0. The molecule has 0 saturated heterocycles. The molecule has 0 amide bonds. The number of aromatic nitrogens is 1. The smallest absolute Gasteiger partial charge is 0.231 e. The molecule has 6 heteroatoms. The van der Waals surface area contributed by atoms with Crippen molar-refractivity contribution < 1.29 is 9.47 Å². The molecule has 27 heavy (non-hydrogen) atoms. The summed E-state index contributed by atoms with van der Waals surface area (Å²) in [6.07, 6.45) is 3.63. The van der Waals surface area contributed by atoms with Gasteiger partial charge in [-0.3, -0.25) is 4.98 Å². The Morgan fingerprint density at radius 1 is 0.963 bits per heavy atom. The normalized spacial score (nSPS) is 11.9. The molecule has 1 aromatic heterocycles. The summed E-state index contributed by atoms with van der Waals surface area (Å²) < 4.78 is 10.9. The first kappa shape index (κ1) is 17.3. The Morgan fingerprint density at radius 2 is 1.78 bits per heavy atom. The van der Waals surface area contributed by atoms with Gasteiger partial charge in [-0.2, -0.15) is 0 Å². The molecule has 136 valence electrons. The molecule has 2 heterocycles. The third-order valence-electron chi connectivity index (χ3n) is 4.22. The molecule has 5 nitrogen and oxygen atoms in total. The van der Waals surface area contributed by atoms with Crippen molar-refractivity contribution in [3.63, 3.8) is 0 Å². The number of para-hydroxylation sites is 1. The maximum Gasteiger partial charge on any atom is 0.231 e. The second kappa shape index (κ2) is 8.05. The standard InChI is InChI=1S/C21H19N3O2S/c27-21(23-18-6-2-1-3-7-18)24(14-17-5-4-10-22-12-17)13-16-8-9-19-20(11-16)26-15-25-19/h1-12H,13-15H2,(H,23,27). The molecule has 0 atom stereocenters. The summed E-state index contributed by atoms with van der Waals surface area (Å²) in [6, 6.07) is 19.9. The summed E-state index contributed by atoms with van der Waals surface area (Å²) in [5.41, 5.74) is 3.15. The highest BCUT2D eigenvalue weighted by atomic mass is 32.1. The maximum absolute atomic E-state index is 5.69. The highest BCUT2D eigenvalue weighted by Gasteiger charge is 2.16. The number of pyridine rings is 1. The van der Waals surface area contributed by atoms with E-state index in [1.54, 1.807) is 6.20 Å². The van der Waals surface area contributed by atoms with Gasteiger partial charge in [0.1, 0.15) is 0 Å². The third kappa shape index (κ3) is 4.35. The Kier molecular flexibility index (Phi) is 5.16. The van der Waals surface area contributed by atoms with Crippen LogP contribution in [0.3, 0.4) is 0 Å². The lowest BCUT2D eigenvalue weighted by atomic mass is 10.1. The van der Waals surface area contributed by atoms with E-state index in [0.29, 0.717) is 18.2 Å². The van der Waals surface area contributed by atoms with Crippen LogP contribution in [0.25, 0.3) is 0 Å². The van der Waals surface area contributed by atoms with E-state index < -0.39 is 0 Å². The Labute approximate surface area is 163 Å². The van der Waals surface area contributed by atoms with Crippen LogP contribution in [0.4, 0.5) is 5.69 Å². The summed E-state index contributed by atoms with van der Waals surface area (Å²) in [5.74, 6) is 1.55. The van der Waals surface area contributed by atoms with E-state index in [-0.39, 0.29) is 6.79 Å². The van der Waals surface area contributed by atoms with E-state index in [4.69, 9.17) is 21.7 Å². The molecule has 4 rings (SSSR count). The molecule has 0 fully saturated rings. The summed E-state index contributed by atoms with van der Waals surface area (Å²) in [6.45, 7) is 1.57. The molecular formula is C21H19N3O2S. The summed E-state index contributed by atoms with van der Waals surface area (Å²) in [4.78, 5) is 6.32. The van der Waals surface area contributed by atoms with E-state index in [2.05, 4.69) is 15.2 Å². The average molecular weight is 377 g/mol. The summed E-state index contributed by atoms with van der Waals surface area (Å²) >= 11 is 5.69. The van der Waals surface area contributed by atoms with E-state index in [1.165, 1.54) is 0 Å². The SMILES string of the molecule is S=C(Nc1ccccc1)N(Cc1cccnc1)Cc1ccc2c(c1)OCO2. The fourth-order valence-electron chi connectivity index (χ4n) is 2.90. The number of anilines is 1. The second-order valence-electron chi connectivity index (χ2n) is 6.20. The molecule has 0 saturated carbocycles. The molecule has 2 aromatic carbocycles. The van der Waals surface area contributed by atoms with E-state index in [1.807, 2.05) is 66.9 Å². The number of nitrogens with zero attached hydrogens (tertiary/aromatic N) is 2. The van der Waals surface area contributed by atoms with Crippen LogP contribution in [-0.2, 0) is 13.1 Å². The van der Waals surface area contributed by atoms with Crippen molar-refractivity contribution >= 4 is 23.0 Å². The van der Waals surface area contributed by atoms with Gasteiger partial charge >= 0.3 is 0 Å². The lowest BCUT2D eigenvalue weighted by Crippen LogP contribution is -2.33. The van der Waals surface area contributed by atoms with Gasteiger partial charge in [-0.05, 0) is 53.7 Å². The van der Waals surface area contributed by atoms with Gasteiger partial charge in [-0.25, -0.2) is 0 Å². The first-order chi connectivity index (χ1) is 13.3. The second-order valence-corrected chi connectivity index (χ2v) is 6.59. The van der Waals surface area contributed by atoms with Gasteiger partial charge in [0.05, 0.1) is 0 Å². The van der Waals surface area contributed by atoms with Crippen LogP contribution >= 0.6 is 12.2 Å². The van der Waals surface area contributed by atoms with Crippen molar-refractivity contribution in [2.24, 2.45) is 0 Å². The van der Waals surface area contributed by atoms with E-state index in [0.717, 1.165) is 28.3 Å². The maximum atomic E-state index is 5.69. The minimum atomic E-state index is 0.270. The van der Waals surface area contributed by atoms with E-state index >= 15 is 0 Å². The lowest BCUT2D eigenvalue weighted by molar-refractivity contribution is 0.174. The zero-order chi connectivity index (χ0) is 18.5. The molecule has 0 aliphatic carbocycles. The van der Waals surface area contributed by atoms with Crippen LogP contribution in [0, 0.1) is 0 Å². The number of fused-ring (bicyclic) bond motifs is 1. The highest BCUT2D eigenvalue weighted by molar-refractivity contribution is 7.80. The minimum Gasteiger partial charge on any atom is -0.454 e. The highest BCUT2D eigenvalue weighted by Crippen LogP contribution is 2.33. The number of hydrogen-bond acceptors (Lipinski definition) is 4. The van der Waals surface area contributed by atoms with E-state index in [9.17, 15) is 0 Å². The summed E-state index contributed by atoms with van der Waals surface area (Å²) in [5, 5.41) is 3.97. The van der Waals surface area contributed by atoms with Gasteiger partial charge in [-0.1, -0.05) is 30.3 Å². The first-order valence-corrected chi connectivity index (χ1v) is 9.07.